The molecule has 0 saturated carbocycles. The Morgan fingerprint density at radius 2 is 2.14 bits per heavy atom. The van der Waals surface area contributed by atoms with E-state index in [1.807, 2.05) is 18.2 Å². The zero-order valence-corrected chi connectivity index (χ0v) is 15.4. The Hall–Kier alpha value is -1.11. The number of hydrogen-bond acceptors (Lipinski definition) is 3. The topological polar surface area (TPSA) is 75.0 Å². The predicted octanol–water partition coefficient (Wildman–Crippen LogP) is 3.19. The Kier molecular flexibility index (Phi) is 6.84. The van der Waals surface area contributed by atoms with Crippen molar-refractivity contribution in [1.82, 2.24) is 15.1 Å². The molecule has 122 valence electrons. The van der Waals surface area contributed by atoms with E-state index in [1.165, 1.54) is 0 Å². The second-order valence-electron chi connectivity index (χ2n) is 5.69. The van der Waals surface area contributed by atoms with Gasteiger partial charge in [-0.1, -0.05) is 29.8 Å². The summed E-state index contributed by atoms with van der Waals surface area (Å²) in [7, 11) is 1.79. The molecule has 0 fully saturated rings. The first-order valence-electron chi connectivity index (χ1n) is 7.05. The van der Waals surface area contributed by atoms with Gasteiger partial charge in [-0.25, -0.2) is 0 Å². The number of amides is 1. The summed E-state index contributed by atoms with van der Waals surface area (Å²) in [5, 5.41) is 7.87. The lowest BCUT2D eigenvalue weighted by molar-refractivity contribution is 0.0785. The van der Waals surface area contributed by atoms with Gasteiger partial charge in [-0.15, -0.1) is 12.4 Å². The van der Waals surface area contributed by atoms with Gasteiger partial charge in [0.05, 0.1) is 5.52 Å². The smallest absolute Gasteiger partial charge is 0.274 e. The zero-order chi connectivity index (χ0) is 15.6. The number of nitrogens with two attached hydrogens (primary N) is 1. The molecule has 5 nitrogen and oxygen atoms in total. The van der Waals surface area contributed by atoms with Crippen molar-refractivity contribution in [2.75, 3.05) is 13.6 Å². The number of halogens is 2. The summed E-state index contributed by atoms with van der Waals surface area (Å²) in [5.74, 6) is 0.325. The molecule has 7 heteroatoms. The number of hydrogen-bond donors (Lipinski definition) is 2. The minimum absolute atomic E-state index is 0. The Labute approximate surface area is 145 Å². The van der Waals surface area contributed by atoms with Gasteiger partial charge in [-0.3, -0.25) is 9.89 Å². The van der Waals surface area contributed by atoms with Crippen LogP contribution in [0.25, 0.3) is 10.9 Å². The standard InChI is InChI=1S/C15H21BrN4O.ClH/c1-9(2)12(17)6-7-20(3)15(21)14-11-8-10(16)4-5-13(11)18-19-14;/h4-5,8-9,12H,6-7,17H2,1-3H3,(H,18,19);1H. The van der Waals surface area contributed by atoms with Crippen molar-refractivity contribution in [1.29, 1.82) is 0 Å². The largest absolute Gasteiger partial charge is 0.340 e. The fourth-order valence-electron chi connectivity index (χ4n) is 2.11. The molecule has 2 rings (SSSR count). The number of nitrogens with zero attached hydrogens (tertiary/aromatic N) is 2. The van der Waals surface area contributed by atoms with Crippen LogP contribution in [0.3, 0.4) is 0 Å². The first-order valence-corrected chi connectivity index (χ1v) is 7.84. The van der Waals surface area contributed by atoms with E-state index < -0.39 is 0 Å². The highest BCUT2D eigenvalue weighted by Gasteiger charge is 2.19. The van der Waals surface area contributed by atoms with Crippen LogP contribution in [0, 0.1) is 5.92 Å². The molecular weight excluding hydrogens is 368 g/mol. The highest BCUT2D eigenvalue weighted by atomic mass is 79.9. The fourth-order valence-corrected chi connectivity index (χ4v) is 2.47. The summed E-state index contributed by atoms with van der Waals surface area (Å²) < 4.78 is 0.926. The number of fused-ring (bicyclic) bond motifs is 1. The number of H-pyrrole nitrogens is 1. The molecule has 0 bridgehead atoms. The highest BCUT2D eigenvalue weighted by molar-refractivity contribution is 9.10. The van der Waals surface area contributed by atoms with Gasteiger partial charge in [0, 0.05) is 29.5 Å². The third-order valence-corrected chi connectivity index (χ3v) is 4.22. The molecular formula is C15H22BrClN4O. The summed E-state index contributed by atoms with van der Waals surface area (Å²) in [6.45, 7) is 4.80. The van der Waals surface area contributed by atoms with Gasteiger partial charge in [-0.2, -0.15) is 5.10 Å². The molecule has 1 aromatic carbocycles. The lowest BCUT2D eigenvalue weighted by Crippen LogP contribution is -2.34. The van der Waals surface area contributed by atoms with Crippen LogP contribution >= 0.6 is 28.3 Å². The van der Waals surface area contributed by atoms with Crippen molar-refractivity contribution in [3.8, 4) is 0 Å². The summed E-state index contributed by atoms with van der Waals surface area (Å²) >= 11 is 3.42. The quantitative estimate of drug-likeness (QED) is 0.824. The summed E-state index contributed by atoms with van der Waals surface area (Å²) in [6, 6.07) is 5.82. The van der Waals surface area contributed by atoms with Gasteiger partial charge in [0.1, 0.15) is 0 Å². The van der Waals surface area contributed by atoms with Crippen molar-refractivity contribution in [2.45, 2.75) is 26.3 Å². The van der Waals surface area contributed by atoms with E-state index in [0.717, 1.165) is 21.8 Å². The molecule has 1 unspecified atom stereocenters. The summed E-state index contributed by atoms with van der Waals surface area (Å²) in [6.07, 6.45) is 0.784. The van der Waals surface area contributed by atoms with E-state index >= 15 is 0 Å². The van der Waals surface area contributed by atoms with E-state index in [-0.39, 0.29) is 24.4 Å². The van der Waals surface area contributed by atoms with E-state index in [1.54, 1.807) is 11.9 Å². The van der Waals surface area contributed by atoms with Crippen LogP contribution in [0.2, 0.25) is 0 Å². The maximum absolute atomic E-state index is 12.5. The number of carbonyl (C=O) groups excluding carboxylic acids is 1. The maximum atomic E-state index is 12.5. The monoisotopic (exact) mass is 388 g/mol. The Morgan fingerprint density at radius 3 is 2.77 bits per heavy atom. The van der Waals surface area contributed by atoms with Crippen LogP contribution in [0.1, 0.15) is 30.8 Å². The van der Waals surface area contributed by atoms with Crippen molar-refractivity contribution < 1.29 is 4.79 Å². The molecule has 0 radical (unpaired) electrons. The second-order valence-corrected chi connectivity index (χ2v) is 6.60. The SMILES string of the molecule is CC(C)C(N)CCN(C)C(=O)c1n[nH]c2ccc(Br)cc12.Cl. The molecule has 0 aliphatic heterocycles. The molecule has 1 aromatic heterocycles. The summed E-state index contributed by atoms with van der Waals surface area (Å²) in [5.41, 5.74) is 7.33. The van der Waals surface area contributed by atoms with Gasteiger partial charge in [-0.05, 0) is 30.5 Å². The second kappa shape index (κ2) is 7.94. The minimum Gasteiger partial charge on any atom is -0.340 e. The molecule has 1 heterocycles. The zero-order valence-electron chi connectivity index (χ0n) is 13.0. The minimum atomic E-state index is -0.0877. The normalized spacial score (nSPS) is 12.3. The van der Waals surface area contributed by atoms with Gasteiger partial charge < -0.3 is 10.6 Å². The van der Waals surface area contributed by atoms with Crippen LogP contribution in [0.15, 0.2) is 22.7 Å². The third-order valence-electron chi connectivity index (χ3n) is 3.73. The third kappa shape index (κ3) is 4.21. The number of aromatic nitrogens is 2. The molecule has 2 aromatic rings. The van der Waals surface area contributed by atoms with Crippen LogP contribution in [0.5, 0.6) is 0 Å². The molecule has 0 spiro atoms. The van der Waals surface area contributed by atoms with Crippen LogP contribution in [-0.2, 0) is 0 Å². The molecule has 3 N–H and O–H groups in total. The predicted molar refractivity (Wildman–Crippen MR) is 95.4 cm³/mol. The lowest BCUT2D eigenvalue weighted by Gasteiger charge is -2.21. The van der Waals surface area contributed by atoms with E-state index in [4.69, 9.17) is 5.73 Å². The van der Waals surface area contributed by atoms with Gasteiger partial charge >= 0.3 is 0 Å². The Morgan fingerprint density at radius 1 is 1.45 bits per heavy atom. The average molecular weight is 390 g/mol. The van der Waals surface area contributed by atoms with Crippen LogP contribution < -0.4 is 5.73 Å². The molecule has 0 aliphatic carbocycles. The van der Waals surface area contributed by atoms with Gasteiger partial charge in [0.15, 0.2) is 5.69 Å². The Balaban J connectivity index is 0.00000242. The van der Waals surface area contributed by atoms with Gasteiger partial charge in [0.2, 0.25) is 0 Å². The Bertz CT molecular complexity index is 644. The lowest BCUT2D eigenvalue weighted by atomic mass is 10.0. The first kappa shape index (κ1) is 18.9. The average Bonchev–Trinajstić information content (AvgIpc) is 2.86. The molecule has 1 atom stereocenters. The van der Waals surface area contributed by atoms with Crippen molar-refractivity contribution >= 4 is 45.1 Å². The molecule has 22 heavy (non-hydrogen) atoms. The number of aromatic amines is 1. The van der Waals surface area contributed by atoms with E-state index in [0.29, 0.717) is 18.2 Å². The van der Waals surface area contributed by atoms with Gasteiger partial charge in [0.25, 0.3) is 5.91 Å². The maximum Gasteiger partial charge on any atom is 0.274 e. The number of benzene rings is 1. The molecule has 0 saturated heterocycles. The van der Waals surface area contributed by atoms with Crippen molar-refractivity contribution in [3.63, 3.8) is 0 Å². The van der Waals surface area contributed by atoms with Crippen LogP contribution in [-0.4, -0.2) is 40.6 Å². The summed E-state index contributed by atoms with van der Waals surface area (Å²) in [4.78, 5) is 14.2. The number of nitrogens with one attached hydrogen (secondary N) is 1. The van der Waals surface area contributed by atoms with E-state index in [9.17, 15) is 4.79 Å². The van der Waals surface area contributed by atoms with Crippen molar-refractivity contribution in [2.24, 2.45) is 11.7 Å². The van der Waals surface area contributed by atoms with Crippen LogP contribution in [0.4, 0.5) is 0 Å². The number of rotatable bonds is 5. The molecule has 0 aliphatic rings. The first-order chi connectivity index (χ1) is 9.90. The fraction of sp³-hybridized carbons (Fsp3) is 0.467. The molecule has 1 amide bonds. The highest BCUT2D eigenvalue weighted by Crippen LogP contribution is 2.22. The van der Waals surface area contributed by atoms with Crippen molar-refractivity contribution in [3.05, 3.63) is 28.4 Å². The van der Waals surface area contributed by atoms with E-state index in [2.05, 4.69) is 40.0 Å². The number of carbonyl (C=O) groups is 1.